The number of nitrogens with zero attached hydrogens (tertiary/aromatic N) is 3. The Kier molecular flexibility index (Phi) is 5.26. The number of carbonyl (C=O) groups excluding carboxylic acids is 1. The van der Waals surface area contributed by atoms with Crippen molar-refractivity contribution in [3.8, 4) is 11.3 Å². The van der Waals surface area contributed by atoms with Crippen LogP contribution in [0.3, 0.4) is 0 Å². The zero-order valence-corrected chi connectivity index (χ0v) is 17.6. The lowest BCUT2D eigenvalue weighted by atomic mass is 9.99. The van der Waals surface area contributed by atoms with Gasteiger partial charge in [0.2, 0.25) is 5.91 Å². The van der Waals surface area contributed by atoms with Crippen molar-refractivity contribution in [1.82, 2.24) is 14.5 Å². The van der Waals surface area contributed by atoms with Gasteiger partial charge in [0, 0.05) is 29.4 Å². The maximum atomic E-state index is 14.0. The first-order valence-corrected chi connectivity index (χ1v) is 10.1. The lowest BCUT2D eigenvalue weighted by molar-refractivity contribution is -0.137. The molecular weight excluding hydrogens is 405 g/mol. The summed E-state index contributed by atoms with van der Waals surface area (Å²) in [5, 5.41) is 4.05. The van der Waals surface area contributed by atoms with Crippen molar-refractivity contribution in [2.75, 3.05) is 18.4 Å². The van der Waals surface area contributed by atoms with E-state index in [2.05, 4.69) is 9.88 Å². The van der Waals surface area contributed by atoms with Crippen LogP contribution >= 0.6 is 11.6 Å². The summed E-state index contributed by atoms with van der Waals surface area (Å²) in [6, 6.07) is 13.7. The number of benzene rings is 2. The molecule has 30 heavy (non-hydrogen) atoms. The fourth-order valence-corrected chi connectivity index (χ4v) is 4.04. The average molecular weight is 428 g/mol. The molecule has 4 rings (SSSR count). The van der Waals surface area contributed by atoms with E-state index in [0.29, 0.717) is 35.2 Å². The van der Waals surface area contributed by atoms with Crippen molar-refractivity contribution in [3.05, 3.63) is 65.2 Å². The molecule has 0 atom stereocenters. The van der Waals surface area contributed by atoms with E-state index < -0.39 is 5.54 Å². The minimum absolute atomic E-state index is 0.0588. The molecule has 0 bridgehead atoms. The molecule has 0 unspecified atom stereocenters. The third kappa shape index (κ3) is 3.55. The van der Waals surface area contributed by atoms with E-state index in [0.717, 1.165) is 11.5 Å². The van der Waals surface area contributed by atoms with E-state index in [9.17, 15) is 9.18 Å². The lowest BCUT2D eigenvalue weighted by Crippen LogP contribution is -2.53. The predicted octanol–water partition coefficient (Wildman–Crippen LogP) is 4.12. The first kappa shape index (κ1) is 20.4. The van der Waals surface area contributed by atoms with Crippen LogP contribution in [-0.4, -0.2) is 33.4 Å². The molecule has 1 aliphatic heterocycles. The van der Waals surface area contributed by atoms with Crippen molar-refractivity contribution >= 4 is 29.0 Å². The van der Waals surface area contributed by atoms with Gasteiger partial charge in [-0.05, 0) is 50.2 Å². The summed E-state index contributed by atoms with van der Waals surface area (Å²) in [6.45, 7) is 4.88. The van der Waals surface area contributed by atoms with Gasteiger partial charge in [-0.15, -0.1) is 0 Å². The first-order chi connectivity index (χ1) is 14.3. The molecular formula is C22H23ClFN5O. The van der Waals surface area contributed by atoms with Crippen LogP contribution in [0, 0.1) is 5.82 Å². The smallest absolute Gasteiger partial charge is 0.237 e. The number of imidazole rings is 1. The zero-order valence-electron chi connectivity index (χ0n) is 16.8. The highest BCUT2D eigenvalue weighted by atomic mass is 35.5. The van der Waals surface area contributed by atoms with Gasteiger partial charge in [-0.2, -0.15) is 0 Å². The summed E-state index contributed by atoms with van der Waals surface area (Å²) in [7, 11) is 0. The van der Waals surface area contributed by atoms with Crippen LogP contribution in [0.4, 0.5) is 15.9 Å². The molecule has 0 aliphatic carbocycles. The molecule has 1 aromatic heterocycles. The van der Waals surface area contributed by atoms with Gasteiger partial charge in [0.25, 0.3) is 0 Å². The summed E-state index contributed by atoms with van der Waals surface area (Å²) in [6.07, 6.45) is 0. The quantitative estimate of drug-likeness (QED) is 0.656. The summed E-state index contributed by atoms with van der Waals surface area (Å²) in [5.74, 6) is 0.987. The molecule has 2 aromatic carbocycles. The van der Waals surface area contributed by atoms with Gasteiger partial charge in [0.1, 0.15) is 23.2 Å². The van der Waals surface area contributed by atoms with Gasteiger partial charge in [-0.3, -0.25) is 4.79 Å². The zero-order chi connectivity index (χ0) is 21.5. The van der Waals surface area contributed by atoms with Crippen molar-refractivity contribution in [1.29, 1.82) is 0 Å². The van der Waals surface area contributed by atoms with E-state index in [1.54, 1.807) is 23.1 Å². The molecule has 3 aromatic rings. The second kappa shape index (κ2) is 7.74. The van der Waals surface area contributed by atoms with E-state index in [1.807, 2.05) is 32.0 Å². The predicted molar refractivity (Wildman–Crippen MR) is 116 cm³/mol. The summed E-state index contributed by atoms with van der Waals surface area (Å²) < 4.78 is 16.0. The fourth-order valence-electron chi connectivity index (χ4n) is 3.92. The van der Waals surface area contributed by atoms with E-state index in [-0.39, 0.29) is 18.3 Å². The van der Waals surface area contributed by atoms with Crippen LogP contribution in [0.25, 0.3) is 11.3 Å². The van der Waals surface area contributed by atoms with Gasteiger partial charge in [0.15, 0.2) is 0 Å². The average Bonchev–Trinajstić information content (AvgIpc) is 3.09. The number of fused-ring (bicyclic) bond motifs is 1. The van der Waals surface area contributed by atoms with E-state index in [4.69, 9.17) is 22.3 Å². The SMILES string of the molecule is CC1(C)c2nc(-c3cccc(F)c3)c(Nc3ccc(Cl)cc3)n2CCN1C(=O)CN. The van der Waals surface area contributed by atoms with E-state index >= 15 is 0 Å². The van der Waals surface area contributed by atoms with Crippen LogP contribution in [0.5, 0.6) is 0 Å². The normalized spacial score (nSPS) is 15.0. The summed E-state index contributed by atoms with van der Waals surface area (Å²) >= 11 is 6.02. The Labute approximate surface area is 179 Å². The highest BCUT2D eigenvalue weighted by molar-refractivity contribution is 6.30. The Bertz CT molecular complexity index is 1090. The van der Waals surface area contributed by atoms with Crippen LogP contribution < -0.4 is 11.1 Å². The fraction of sp³-hybridized carbons (Fsp3) is 0.273. The maximum absolute atomic E-state index is 14.0. The Hall–Kier alpha value is -2.90. The number of hydrogen-bond acceptors (Lipinski definition) is 4. The number of aromatic nitrogens is 2. The molecule has 0 radical (unpaired) electrons. The number of nitrogens with one attached hydrogen (secondary N) is 1. The van der Waals surface area contributed by atoms with Crippen molar-refractivity contribution in [3.63, 3.8) is 0 Å². The van der Waals surface area contributed by atoms with Crippen LogP contribution in [0.2, 0.25) is 5.02 Å². The van der Waals surface area contributed by atoms with Crippen LogP contribution in [0.15, 0.2) is 48.5 Å². The highest BCUT2D eigenvalue weighted by Gasteiger charge is 2.41. The van der Waals surface area contributed by atoms with Crippen LogP contribution in [0.1, 0.15) is 19.7 Å². The molecule has 156 valence electrons. The monoisotopic (exact) mass is 427 g/mol. The molecule has 1 amide bonds. The standard InChI is InChI=1S/C22H23ClFN5O/c1-22(2)21-27-19(14-4-3-5-16(24)12-14)20(26-17-8-6-15(23)7-9-17)28(21)10-11-29(22)18(30)13-25/h3-9,12,26H,10-11,13,25H2,1-2H3. The minimum atomic E-state index is -0.670. The van der Waals surface area contributed by atoms with Gasteiger partial charge >= 0.3 is 0 Å². The number of amides is 1. The molecule has 6 nitrogen and oxygen atoms in total. The first-order valence-electron chi connectivity index (χ1n) is 9.71. The summed E-state index contributed by atoms with van der Waals surface area (Å²) in [5.41, 5.74) is 7.05. The Morgan fingerprint density at radius 2 is 1.97 bits per heavy atom. The lowest BCUT2D eigenvalue weighted by Gasteiger charge is -2.42. The molecule has 3 N–H and O–H groups in total. The van der Waals surface area contributed by atoms with Gasteiger partial charge in [-0.1, -0.05) is 23.7 Å². The molecule has 0 spiro atoms. The third-order valence-corrected chi connectivity index (χ3v) is 5.67. The Morgan fingerprint density at radius 1 is 1.23 bits per heavy atom. The molecule has 1 aliphatic rings. The number of carbonyl (C=O) groups is 1. The molecule has 8 heteroatoms. The molecule has 0 saturated heterocycles. The second-order valence-corrected chi connectivity index (χ2v) is 8.17. The highest BCUT2D eigenvalue weighted by Crippen LogP contribution is 2.39. The van der Waals surface area contributed by atoms with Crippen molar-refractivity contribution < 1.29 is 9.18 Å². The molecule has 2 heterocycles. The maximum Gasteiger partial charge on any atom is 0.237 e. The second-order valence-electron chi connectivity index (χ2n) is 7.74. The Morgan fingerprint density at radius 3 is 2.63 bits per heavy atom. The number of halogens is 2. The van der Waals surface area contributed by atoms with Crippen molar-refractivity contribution in [2.45, 2.75) is 25.9 Å². The van der Waals surface area contributed by atoms with Gasteiger partial charge in [-0.25, -0.2) is 9.37 Å². The van der Waals surface area contributed by atoms with E-state index in [1.165, 1.54) is 12.1 Å². The number of hydrogen-bond donors (Lipinski definition) is 2. The largest absolute Gasteiger partial charge is 0.340 e. The Balaban J connectivity index is 1.87. The number of anilines is 2. The number of nitrogens with two attached hydrogens (primary N) is 1. The molecule has 0 saturated carbocycles. The molecule has 0 fully saturated rings. The topological polar surface area (TPSA) is 76.2 Å². The summed E-state index contributed by atoms with van der Waals surface area (Å²) in [4.78, 5) is 19.0. The van der Waals surface area contributed by atoms with Gasteiger partial charge in [0.05, 0.1) is 12.1 Å². The third-order valence-electron chi connectivity index (χ3n) is 5.42. The van der Waals surface area contributed by atoms with Crippen LogP contribution in [-0.2, 0) is 16.9 Å². The van der Waals surface area contributed by atoms with Crippen molar-refractivity contribution in [2.24, 2.45) is 5.73 Å². The van der Waals surface area contributed by atoms with Gasteiger partial charge < -0.3 is 20.5 Å². The minimum Gasteiger partial charge on any atom is -0.340 e. The number of rotatable bonds is 4.